The van der Waals surface area contributed by atoms with Crippen molar-refractivity contribution >= 4 is 15.3 Å². The highest BCUT2D eigenvalue weighted by Crippen LogP contribution is 2.35. The van der Waals surface area contributed by atoms with E-state index < -0.39 is 15.3 Å². The molecule has 0 aliphatic heterocycles. The zero-order chi connectivity index (χ0) is 12.6. The van der Waals surface area contributed by atoms with Gasteiger partial charge in [-0.2, -0.15) is 0 Å². The Bertz CT molecular complexity index is 296. The fourth-order valence-corrected chi connectivity index (χ4v) is 11.8. The van der Waals surface area contributed by atoms with Gasteiger partial charge in [0.25, 0.3) is 0 Å². The maximum Gasteiger partial charge on any atom is 0.110 e. The van der Waals surface area contributed by atoms with Gasteiger partial charge >= 0.3 is 0 Å². The molecule has 3 heteroatoms. The van der Waals surface area contributed by atoms with Crippen LogP contribution in [0.2, 0.25) is 31.7 Å². The molecule has 1 aliphatic carbocycles. The van der Waals surface area contributed by atoms with E-state index in [0.29, 0.717) is 0 Å². The topological polar surface area (TPSA) is 12.0 Å². The molecule has 0 fully saturated rings. The van der Waals surface area contributed by atoms with Crippen LogP contribution in [0.25, 0.3) is 0 Å². The fraction of sp³-hybridized carbons (Fsp3) is 0.692. The van der Waals surface area contributed by atoms with Gasteiger partial charge < -0.3 is 4.98 Å². The van der Waals surface area contributed by atoms with Gasteiger partial charge in [-0.15, -0.1) is 0 Å². The molecular weight excluding hydrogens is 226 g/mol. The molecule has 0 saturated heterocycles. The Morgan fingerprint density at radius 2 is 1.38 bits per heavy atom. The van der Waals surface area contributed by atoms with Crippen LogP contribution in [0, 0.1) is 0 Å². The third kappa shape index (κ3) is 2.96. The summed E-state index contributed by atoms with van der Waals surface area (Å²) in [6.45, 7) is 17.0. The van der Waals surface area contributed by atoms with Crippen molar-refractivity contribution in [2.75, 3.05) is 0 Å². The molecule has 0 unspecified atom stereocenters. The van der Waals surface area contributed by atoms with E-state index in [-0.39, 0.29) is 5.54 Å². The molecule has 1 N–H and O–H groups in total. The van der Waals surface area contributed by atoms with Crippen molar-refractivity contribution < 1.29 is 0 Å². The highest BCUT2D eigenvalue weighted by Gasteiger charge is 2.46. The molecule has 0 atom stereocenters. The molecule has 1 nitrogen and oxygen atoms in total. The van der Waals surface area contributed by atoms with Crippen LogP contribution >= 0.6 is 0 Å². The molecule has 1 aliphatic rings. The van der Waals surface area contributed by atoms with E-state index in [9.17, 15) is 0 Å². The van der Waals surface area contributed by atoms with Gasteiger partial charge in [0.2, 0.25) is 0 Å². The van der Waals surface area contributed by atoms with E-state index in [4.69, 9.17) is 0 Å². The third-order valence-electron chi connectivity index (χ3n) is 3.88. The molecule has 0 bridgehead atoms. The minimum absolute atomic E-state index is 0.242. The Labute approximate surface area is 103 Å². The molecule has 16 heavy (non-hydrogen) atoms. The van der Waals surface area contributed by atoms with Gasteiger partial charge in [-0.25, -0.2) is 0 Å². The maximum atomic E-state index is 3.95. The zero-order valence-corrected chi connectivity index (χ0v) is 13.9. The second-order valence-corrected chi connectivity index (χ2v) is 22.2. The van der Waals surface area contributed by atoms with Crippen molar-refractivity contribution in [1.82, 2.24) is 4.98 Å². The molecule has 0 amide bonds. The van der Waals surface area contributed by atoms with E-state index in [0.717, 1.165) is 5.54 Å². The monoisotopic (exact) mass is 253 g/mol. The van der Waals surface area contributed by atoms with Gasteiger partial charge in [0.05, 0.1) is 7.59 Å². The SMILES string of the molecule is CC(C)(C)N[Si](C)(C)[Si](C)(C)C1C=CC=C1. The molecule has 0 aromatic heterocycles. The standard InChI is InChI=1S/C13H27NSi2/c1-13(2,3)14-16(6,7)15(4,5)12-10-8-9-11-12/h8-12,14H,1-7H3. The van der Waals surface area contributed by atoms with Gasteiger partial charge in [-0.1, -0.05) is 50.5 Å². The van der Waals surface area contributed by atoms with Crippen molar-refractivity contribution in [1.29, 1.82) is 0 Å². The molecule has 0 heterocycles. The van der Waals surface area contributed by atoms with Crippen LogP contribution < -0.4 is 4.98 Å². The fourth-order valence-electron chi connectivity index (χ4n) is 2.43. The second kappa shape index (κ2) is 4.28. The van der Waals surface area contributed by atoms with Gasteiger partial charge in [-0.05, 0) is 26.3 Å². The molecule has 0 aromatic carbocycles. The van der Waals surface area contributed by atoms with Crippen molar-refractivity contribution in [2.45, 2.75) is 58.0 Å². The number of nitrogens with one attached hydrogen (secondary N) is 1. The van der Waals surface area contributed by atoms with Crippen LogP contribution in [-0.2, 0) is 0 Å². The number of hydrogen-bond donors (Lipinski definition) is 1. The first kappa shape index (κ1) is 13.9. The highest BCUT2D eigenvalue weighted by molar-refractivity contribution is 7.40. The Hall–Kier alpha value is -0.126. The van der Waals surface area contributed by atoms with E-state index in [2.05, 4.69) is 76.2 Å². The number of allylic oxidation sites excluding steroid dienone is 4. The van der Waals surface area contributed by atoms with E-state index in [1.807, 2.05) is 0 Å². The Morgan fingerprint density at radius 1 is 0.938 bits per heavy atom. The van der Waals surface area contributed by atoms with Crippen LogP contribution in [0.3, 0.4) is 0 Å². The predicted molar refractivity (Wildman–Crippen MR) is 79.9 cm³/mol. The van der Waals surface area contributed by atoms with Crippen LogP contribution in [0.5, 0.6) is 0 Å². The molecule has 0 spiro atoms. The molecular formula is C13H27NSi2. The van der Waals surface area contributed by atoms with Gasteiger partial charge in [0, 0.05) is 5.54 Å². The summed E-state index contributed by atoms with van der Waals surface area (Å²) < 4.78 is 0. The maximum absolute atomic E-state index is 3.95. The van der Waals surface area contributed by atoms with Gasteiger partial charge in [-0.3, -0.25) is 0 Å². The van der Waals surface area contributed by atoms with Crippen LogP contribution in [0.4, 0.5) is 0 Å². The number of hydrogen-bond acceptors (Lipinski definition) is 1. The molecule has 0 radical (unpaired) electrons. The summed E-state index contributed by atoms with van der Waals surface area (Å²) in [5, 5.41) is 0. The summed E-state index contributed by atoms with van der Waals surface area (Å²) >= 11 is 0. The van der Waals surface area contributed by atoms with Gasteiger partial charge in [0.1, 0.15) is 7.75 Å². The van der Waals surface area contributed by atoms with E-state index >= 15 is 0 Å². The van der Waals surface area contributed by atoms with Crippen LogP contribution in [0.1, 0.15) is 20.8 Å². The van der Waals surface area contributed by atoms with Gasteiger partial charge in [0.15, 0.2) is 0 Å². The summed E-state index contributed by atoms with van der Waals surface area (Å²) in [5.74, 6) is 0. The normalized spacial score (nSPS) is 18.4. The molecule has 0 aromatic rings. The Balaban J connectivity index is 2.88. The van der Waals surface area contributed by atoms with Crippen LogP contribution in [0.15, 0.2) is 24.3 Å². The molecule has 92 valence electrons. The quantitative estimate of drug-likeness (QED) is 0.753. The Morgan fingerprint density at radius 3 is 1.75 bits per heavy atom. The average Bonchev–Trinajstić information content (AvgIpc) is 2.49. The highest BCUT2D eigenvalue weighted by atomic mass is 29.3. The lowest BCUT2D eigenvalue weighted by Gasteiger charge is -2.45. The minimum Gasteiger partial charge on any atom is -0.335 e. The predicted octanol–water partition coefficient (Wildman–Crippen LogP) is 3.86. The number of rotatable bonds is 3. The third-order valence-corrected chi connectivity index (χ3v) is 21.6. The first-order valence-electron chi connectivity index (χ1n) is 6.21. The lowest BCUT2D eigenvalue weighted by atomic mass is 10.1. The second-order valence-electron chi connectivity index (χ2n) is 7.02. The van der Waals surface area contributed by atoms with Crippen molar-refractivity contribution in [3.63, 3.8) is 0 Å². The lowest BCUT2D eigenvalue weighted by molar-refractivity contribution is 0.516. The van der Waals surface area contributed by atoms with E-state index in [1.165, 1.54) is 0 Å². The minimum atomic E-state index is -1.34. The lowest BCUT2D eigenvalue weighted by Crippen LogP contribution is -2.70. The smallest absolute Gasteiger partial charge is 0.110 e. The summed E-state index contributed by atoms with van der Waals surface area (Å²) in [6, 6.07) is 0. The first-order chi connectivity index (χ1) is 7.06. The summed E-state index contributed by atoms with van der Waals surface area (Å²) in [7, 11) is -2.60. The average molecular weight is 254 g/mol. The zero-order valence-electron chi connectivity index (χ0n) is 11.9. The molecule has 0 saturated carbocycles. The summed E-state index contributed by atoms with van der Waals surface area (Å²) in [6.07, 6.45) is 9.21. The van der Waals surface area contributed by atoms with Crippen LogP contribution in [-0.4, -0.2) is 20.9 Å². The summed E-state index contributed by atoms with van der Waals surface area (Å²) in [4.78, 5) is 3.95. The first-order valence-corrected chi connectivity index (χ1v) is 13.3. The molecule has 1 rings (SSSR count). The van der Waals surface area contributed by atoms with Crippen molar-refractivity contribution in [2.24, 2.45) is 0 Å². The van der Waals surface area contributed by atoms with E-state index in [1.54, 1.807) is 0 Å². The van der Waals surface area contributed by atoms with Crippen molar-refractivity contribution in [3.8, 4) is 0 Å². The van der Waals surface area contributed by atoms with Crippen molar-refractivity contribution in [3.05, 3.63) is 24.3 Å². The largest absolute Gasteiger partial charge is 0.335 e. The Kier molecular flexibility index (Phi) is 3.73. The summed E-state index contributed by atoms with van der Waals surface area (Å²) in [5.41, 5.74) is 0.968.